The van der Waals surface area contributed by atoms with Crippen LogP contribution in [-0.2, 0) is 0 Å². The maximum absolute atomic E-state index is 2.60. The lowest BCUT2D eigenvalue weighted by molar-refractivity contribution is 0.142. The molecule has 0 aliphatic carbocycles. The minimum Gasteiger partial charge on any atom is -0.356 e. The molecule has 0 aromatic carbocycles. The molecule has 0 spiro atoms. The zero-order valence-corrected chi connectivity index (χ0v) is 17.6. The predicted molar refractivity (Wildman–Crippen MR) is 113 cm³/mol. The van der Waals surface area contributed by atoms with E-state index in [2.05, 4.69) is 43.0 Å². The Labute approximate surface area is 159 Å². The summed E-state index contributed by atoms with van der Waals surface area (Å²) in [6.07, 6.45) is 26.4. The summed E-state index contributed by atoms with van der Waals surface area (Å²) >= 11 is 0. The number of nitrogens with zero attached hydrogens (tertiary/aromatic N) is 2. The fraction of sp³-hybridized carbons (Fsp3) is 0.913. The van der Waals surface area contributed by atoms with Crippen molar-refractivity contribution in [2.24, 2.45) is 0 Å². The highest BCUT2D eigenvalue weighted by atomic mass is 15.4. The van der Waals surface area contributed by atoms with E-state index in [9.17, 15) is 0 Å². The smallest absolute Gasteiger partial charge is 0.101 e. The molecule has 1 atom stereocenters. The Morgan fingerprint density at radius 3 is 1.60 bits per heavy atom. The van der Waals surface area contributed by atoms with Crippen molar-refractivity contribution in [3.05, 3.63) is 12.4 Å². The molecule has 1 aliphatic heterocycles. The predicted octanol–water partition coefficient (Wildman–Crippen LogP) is 7.31. The maximum atomic E-state index is 2.60. The molecule has 0 bridgehead atoms. The zero-order valence-electron chi connectivity index (χ0n) is 17.6. The fourth-order valence-electron chi connectivity index (χ4n) is 3.97. The summed E-state index contributed by atoms with van der Waals surface area (Å²) in [4.78, 5) is 5.13. The quantitative estimate of drug-likeness (QED) is 0.254. The molecule has 2 nitrogen and oxygen atoms in total. The van der Waals surface area contributed by atoms with Crippen LogP contribution in [0.25, 0.3) is 0 Å². The molecule has 0 saturated heterocycles. The Morgan fingerprint density at radius 2 is 1.04 bits per heavy atom. The first-order valence-corrected chi connectivity index (χ1v) is 11.5. The third kappa shape index (κ3) is 10.2. The van der Waals surface area contributed by atoms with Gasteiger partial charge in [-0.3, -0.25) is 0 Å². The van der Waals surface area contributed by atoms with E-state index >= 15 is 0 Å². The standard InChI is InChI=1S/C23H46N2/c1-4-7-9-10-11-12-13-14-15-16-18-20-25-22-21-24(6-3)23(25)19-17-8-5-2/h21-23H,4-20H2,1-3H3. The number of hydrogen-bond donors (Lipinski definition) is 0. The summed E-state index contributed by atoms with van der Waals surface area (Å²) in [5.41, 5.74) is 0. The molecule has 0 aromatic heterocycles. The maximum Gasteiger partial charge on any atom is 0.101 e. The zero-order chi connectivity index (χ0) is 18.2. The summed E-state index contributed by atoms with van der Waals surface area (Å²) in [6.45, 7) is 9.27. The monoisotopic (exact) mass is 350 g/mol. The molecule has 0 radical (unpaired) electrons. The molecular weight excluding hydrogens is 304 g/mol. The van der Waals surface area contributed by atoms with E-state index < -0.39 is 0 Å². The average Bonchev–Trinajstić information content (AvgIpc) is 3.02. The number of unbranched alkanes of at least 4 members (excludes halogenated alkanes) is 12. The molecule has 0 N–H and O–H groups in total. The van der Waals surface area contributed by atoms with Crippen molar-refractivity contribution in [3.63, 3.8) is 0 Å². The minimum absolute atomic E-state index is 0.639. The van der Waals surface area contributed by atoms with Crippen molar-refractivity contribution in [1.29, 1.82) is 0 Å². The molecule has 1 unspecified atom stereocenters. The highest BCUT2D eigenvalue weighted by Crippen LogP contribution is 2.22. The van der Waals surface area contributed by atoms with Crippen LogP contribution in [0.1, 0.15) is 117 Å². The molecule has 0 amide bonds. The van der Waals surface area contributed by atoms with Gasteiger partial charge >= 0.3 is 0 Å². The SMILES string of the molecule is CCCCCCCCCCCCCN1C=CN(CC)C1CCCCC. The van der Waals surface area contributed by atoms with Gasteiger partial charge in [-0.15, -0.1) is 0 Å². The van der Waals surface area contributed by atoms with Crippen molar-refractivity contribution >= 4 is 0 Å². The van der Waals surface area contributed by atoms with Crippen molar-refractivity contribution < 1.29 is 0 Å². The second kappa shape index (κ2) is 15.6. The van der Waals surface area contributed by atoms with E-state index in [1.165, 1.54) is 103 Å². The Bertz CT molecular complexity index is 313. The summed E-state index contributed by atoms with van der Waals surface area (Å²) in [6, 6.07) is 0. The van der Waals surface area contributed by atoms with E-state index in [1.807, 2.05) is 0 Å². The van der Waals surface area contributed by atoms with Gasteiger partial charge in [0.1, 0.15) is 6.17 Å². The molecule has 0 aromatic rings. The lowest BCUT2D eigenvalue weighted by Crippen LogP contribution is -2.38. The van der Waals surface area contributed by atoms with Crippen LogP contribution in [0.3, 0.4) is 0 Å². The van der Waals surface area contributed by atoms with Gasteiger partial charge in [0, 0.05) is 25.5 Å². The van der Waals surface area contributed by atoms with Crippen molar-refractivity contribution in [3.8, 4) is 0 Å². The fourth-order valence-corrected chi connectivity index (χ4v) is 3.97. The van der Waals surface area contributed by atoms with Crippen LogP contribution in [0.5, 0.6) is 0 Å². The van der Waals surface area contributed by atoms with Crippen LogP contribution in [0, 0.1) is 0 Å². The average molecular weight is 351 g/mol. The number of rotatable bonds is 17. The van der Waals surface area contributed by atoms with E-state index in [1.54, 1.807) is 0 Å². The summed E-state index contributed by atoms with van der Waals surface area (Å²) in [7, 11) is 0. The summed E-state index contributed by atoms with van der Waals surface area (Å²) in [5.74, 6) is 0. The van der Waals surface area contributed by atoms with E-state index in [0.717, 1.165) is 6.54 Å². The van der Waals surface area contributed by atoms with Crippen LogP contribution in [-0.4, -0.2) is 29.1 Å². The van der Waals surface area contributed by atoms with E-state index in [4.69, 9.17) is 0 Å². The lowest BCUT2D eigenvalue weighted by atomic mass is 10.1. The second-order valence-corrected chi connectivity index (χ2v) is 7.88. The van der Waals surface area contributed by atoms with Crippen molar-refractivity contribution in [1.82, 2.24) is 9.80 Å². The van der Waals surface area contributed by atoms with Crippen LogP contribution in [0.15, 0.2) is 12.4 Å². The van der Waals surface area contributed by atoms with Gasteiger partial charge in [0.05, 0.1) is 0 Å². The molecule has 1 heterocycles. The molecule has 0 saturated carbocycles. The first-order valence-electron chi connectivity index (χ1n) is 11.5. The van der Waals surface area contributed by atoms with Gasteiger partial charge in [-0.05, 0) is 26.2 Å². The van der Waals surface area contributed by atoms with Crippen LogP contribution in [0.4, 0.5) is 0 Å². The topological polar surface area (TPSA) is 6.48 Å². The lowest BCUT2D eigenvalue weighted by Gasteiger charge is -2.32. The van der Waals surface area contributed by atoms with Crippen LogP contribution < -0.4 is 0 Å². The van der Waals surface area contributed by atoms with Gasteiger partial charge in [-0.2, -0.15) is 0 Å². The van der Waals surface area contributed by atoms with Crippen molar-refractivity contribution in [2.75, 3.05) is 13.1 Å². The van der Waals surface area contributed by atoms with Gasteiger partial charge < -0.3 is 9.80 Å². The Balaban J connectivity index is 2.01. The highest BCUT2D eigenvalue weighted by Gasteiger charge is 2.23. The van der Waals surface area contributed by atoms with E-state index in [0.29, 0.717) is 6.17 Å². The molecule has 2 heteroatoms. The molecule has 0 fully saturated rings. The molecule has 1 aliphatic rings. The largest absolute Gasteiger partial charge is 0.356 e. The third-order valence-corrected chi connectivity index (χ3v) is 5.67. The Hall–Kier alpha value is -0.660. The van der Waals surface area contributed by atoms with Crippen LogP contribution in [0.2, 0.25) is 0 Å². The van der Waals surface area contributed by atoms with Gasteiger partial charge in [0.15, 0.2) is 0 Å². The van der Waals surface area contributed by atoms with Crippen molar-refractivity contribution in [2.45, 2.75) is 123 Å². The summed E-state index contributed by atoms with van der Waals surface area (Å²) in [5, 5.41) is 0. The Kier molecular flexibility index (Phi) is 14.0. The summed E-state index contributed by atoms with van der Waals surface area (Å²) < 4.78 is 0. The van der Waals surface area contributed by atoms with Gasteiger partial charge in [-0.1, -0.05) is 90.9 Å². The Morgan fingerprint density at radius 1 is 0.560 bits per heavy atom. The molecule has 1 rings (SSSR count). The first-order chi connectivity index (χ1) is 12.3. The highest BCUT2D eigenvalue weighted by molar-refractivity contribution is 4.96. The van der Waals surface area contributed by atoms with E-state index in [-0.39, 0.29) is 0 Å². The van der Waals surface area contributed by atoms with Gasteiger partial charge in [0.25, 0.3) is 0 Å². The number of hydrogen-bond acceptors (Lipinski definition) is 2. The minimum atomic E-state index is 0.639. The van der Waals surface area contributed by atoms with Crippen LogP contribution >= 0.6 is 0 Å². The molecule has 25 heavy (non-hydrogen) atoms. The first kappa shape index (κ1) is 22.4. The van der Waals surface area contributed by atoms with Gasteiger partial charge in [-0.25, -0.2) is 0 Å². The second-order valence-electron chi connectivity index (χ2n) is 7.88. The third-order valence-electron chi connectivity index (χ3n) is 5.67. The van der Waals surface area contributed by atoms with Gasteiger partial charge in [0.2, 0.25) is 0 Å². The normalized spacial score (nSPS) is 17.0. The molecule has 148 valence electrons. The molecular formula is C23H46N2.